The quantitative estimate of drug-likeness (QED) is 0.528. The summed E-state index contributed by atoms with van der Waals surface area (Å²) in [6.07, 6.45) is 0. The molecule has 0 N–H and O–H groups in total. The number of rotatable bonds is 3. The number of benzene rings is 1. The predicted octanol–water partition coefficient (Wildman–Crippen LogP) is 2.18. The maximum Gasteiger partial charge on any atom is 0.357 e. The second-order valence-electron chi connectivity index (χ2n) is 2.95. The van der Waals surface area contributed by atoms with Crippen LogP contribution in [0.25, 0.3) is 0 Å². The minimum Gasteiger partial charge on any atom is -0.287 e. The molecule has 0 fully saturated rings. The summed E-state index contributed by atoms with van der Waals surface area (Å²) in [4.78, 5) is 20.3. The fourth-order valence-corrected chi connectivity index (χ4v) is 0.661. The van der Waals surface area contributed by atoms with E-state index in [0.717, 1.165) is 0 Å². The average Bonchev–Trinajstić information content (AvgIpc) is 2.15. The van der Waals surface area contributed by atoms with Gasteiger partial charge >= 0.3 is 5.97 Å². The van der Waals surface area contributed by atoms with E-state index in [1.54, 1.807) is 38.1 Å². The van der Waals surface area contributed by atoms with Crippen LogP contribution in [0.1, 0.15) is 13.8 Å². The molecule has 0 aliphatic carbocycles. The Hall–Kier alpha value is -1.51. The lowest BCUT2D eigenvalue weighted by molar-refractivity contribution is -0.217. The molecule has 0 atom stereocenters. The van der Waals surface area contributed by atoms with Gasteiger partial charge < -0.3 is 0 Å². The van der Waals surface area contributed by atoms with Gasteiger partial charge in [0, 0.05) is 0 Å². The third-order valence-corrected chi connectivity index (χ3v) is 1.43. The molecule has 1 aromatic rings. The minimum atomic E-state index is -0.371. The summed E-state index contributed by atoms with van der Waals surface area (Å²) in [5.74, 6) is -0.0240. The molecule has 1 aromatic carbocycles. The van der Waals surface area contributed by atoms with Gasteiger partial charge in [-0.3, -0.25) is 9.78 Å². The van der Waals surface area contributed by atoms with Crippen molar-refractivity contribution in [2.45, 2.75) is 13.8 Å². The maximum absolute atomic E-state index is 11.0. The van der Waals surface area contributed by atoms with E-state index in [2.05, 4.69) is 4.89 Å². The van der Waals surface area contributed by atoms with Gasteiger partial charge in [0.25, 0.3) is 0 Å². The van der Waals surface area contributed by atoms with E-state index in [9.17, 15) is 4.79 Å². The third-order valence-electron chi connectivity index (χ3n) is 1.43. The Balaban J connectivity index is 2.40. The fraction of sp³-hybridized carbons (Fsp3) is 0.300. The van der Waals surface area contributed by atoms with Crippen molar-refractivity contribution >= 4 is 5.97 Å². The molecule has 3 nitrogen and oxygen atoms in total. The molecule has 1 rings (SSSR count). The fourth-order valence-electron chi connectivity index (χ4n) is 0.661. The van der Waals surface area contributed by atoms with E-state index in [1.807, 2.05) is 6.07 Å². The molecule has 0 heterocycles. The summed E-state index contributed by atoms with van der Waals surface area (Å²) in [7, 11) is 0. The summed E-state index contributed by atoms with van der Waals surface area (Å²) >= 11 is 0. The van der Waals surface area contributed by atoms with Crippen LogP contribution in [0.5, 0.6) is 5.75 Å². The predicted molar refractivity (Wildman–Crippen MR) is 48.0 cm³/mol. The number of carbonyl (C=O) groups is 1. The van der Waals surface area contributed by atoms with Crippen molar-refractivity contribution in [1.29, 1.82) is 0 Å². The van der Waals surface area contributed by atoms with Gasteiger partial charge in [0.15, 0.2) is 5.75 Å². The van der Waals surface area contributed by atoms with Gasteiger partial charge in [0.1, 0.15) is 0 Å². The van der Waals surface area contributed by atoms with Crippen LogP contribution in [-0.2, 0) is 9.68 Å². The van der Waals surface area contributed by atoms with Crippen LogP contribution in [0.15, 0.2) is 30.3 Å². The molecule has 0 unspecified atom stereocenters. The Morgan fingerprint density at radius 2 is 1.85 bits per heavy atom. The van der Waals surface area contributed by atoms with Crippen LogP contribution in [-0.4, -0.2) is 5.97 Å². The largest absolute Gasteiger partial charge is 0.357 e. The van der Waals surface area contributed by atoms with Gasteiger partial charge in [-0.05, 0) is 12.1 Å². The van der Waals surface area contributed by atoms with Crippen LogP contribution < -0.4 is 4.89 Å². The van der Waals surface area contributed by atoms with Crippen LogP contribution >= 0.6 is 0 Å². The first-order valence-corrected chi connectivity index (χ1v) is 4.13. The highest BCUT2D eigenvalue weighted by Crippen LogP contribution is 2.09. The molecule has 0 aliphatic rings. The molecule has 0 aliphatic heterocycles. The molecule has 0 radical (unpaired) electrons. The highest BCUT2D eigenvalue weighted by Gasteiger charge is 2.09. The Labute approximate surface area is 77.2 Å². The first-order chi connectivity index (χ1) is 6.20. The van der Waals surface area contributed by atoms with E-state index >= 15 is 0 Å². The Morgan fingerprint density at radius 3 is 2.38 bits per heavy atom. The summed E-state index contributed by atoms with van der Waals surface area (Å²) in [6.45, 7) is 3.49. The zero-order valence-corrected chi connectivity index (χ0v) is 7.69. The lowest BCUT2D eigenvalue weighted by atomic mass is 10.2. The van der Waals surface area contributed by atoms with Crippen molar-refractivity contribution in [2.24, 2.45) is 5.92 Å². The monoisotopic (exact) mass is 180 g/mol. The second-order valence-corrected chi connectivity index (χ2v) is 2.95. The molecule has 0 spiro atoms. The van der Waals surface area contributed by atoms with Crippen molar-refractivity contribution in [2.75, 3.05) is 0 Å². The summed E-state index contributed by atoms with van der Waals surface area (Å²) in [5, 5.41) is 0. The maximum atomic E-state index is 11.0. The molecule has 0 bridgehead atoms. The Morgan fingerprint density at radius 1 is 1.23 bits per heavy atom. The SMILES string of the molecule is CC(C)C(=O)OOc1ccccc1. The van der Waals surface area contributed by atoms with Gasteiger partial charge in [-0.25, -0.2) is 4.79 Å². The molecule has 13 heavy (non-hydrogen) atoms. The van der Waals surface area contributed by atoms with E-state index < -0.39 is 0 Å². The first-order valence-electron chi connectivity index (χ1n) is 4.13. The number of hydrogen-bond acceptors (Lipinski definition) is 3. The molecule has 0 aromatic heterocycles. The second kappa shape index (κ2) is 4.50. The van der Waals surface area contributed by atoms with Gasteiger partial charge in [0.05, 0.1) is 5.92 Å². The van der Waals surface area contributed by atoms with Gasteiger partial charge in [-0.1, -0.05) is 32.0 Å². The smallest absolute Gasteiger partial charge is 0.287 e. The molecular formula is C10H12O3. The van der Waals surface area contributed by atoms with Crippen molar-refractivity contribution in [1.82, 2.24) is 0 Å². The van der Waals surface area contributed by atoms with Gasteiger partial charge in [-0.2, -0.15) is 0 Å². The van der Waals surface area contributed by atoms with E-state index in [1.165, 1.54) is 0 Å². The summed E-state index contributed by atoms with van der Waals surface area (Å²) < 4.78 is 0. The standard InChI is InChI=1S/C10H12O3/c1-8(2)10(11)13-12-9-6-4-3-5-7-9/h3-8H,1-2H3. The lowest BCUT2D eigenvalue weighted by Gasteiger charge is -2.05. The lowest BCUT2D eigenvalue weighted by Crippen LogP contribution is -2.13. The van der Waals surface area contributed by atoms with Crippen molar-refractivity contribution < 1.29 is 14.6 Å². The highest BCUT2D eigenvalue weighted by atomic mass is 17.2. The normalized spacial score (nSPS) is 9.77. The first kappa shape index (κ1) is 9.58. The van der Waals surface area contributed by atoms with Crippen LogP contribution in [0.4, 0.5) is 0 Å². The van der Waals surface area contributed by atoms with Crippen LogP contribution in [0.3, 0.4) is 0 Å². The zero-order valence-electron chi connectivity index (χ0n) is 7.69. The van der Waals surface area contributed by atoms with Gasteiger partial charge in [-0.15, -0.1) is 0 Å². The minimum absolute atomic E-state index is 0.177. The highest BCUT2D eigenvalue weighted by molar-refractivity contribution is 5.70. The van der Waals surface area contributed by atoms with E-state index in [0.29, 0.717) is 5.75 Å². The van der Waals surface area contributed by atoms with E-state index in [4.69, 9.17) is 4.89 Å². The molecule has 70 valence electrons. The average molecular weight is 180 g/mol. The summed E-state index contributed by atoms with van der Waals surface area (Å²) in [5.41, 5.74) is 0. The van der Waals surface area contributed by atoms with Crippen LogP contribution in [0, 0.1) is 5.92 Å². The van der Waals surface area contributed by atoms with Gasteiger partial charge in [0.2, 0.25) is 0 Å². The third kappa shape index (κ3) is 3.15. The zero-order chi connectivity index (χ0) is 9.68. The molecule has 3 heteroatoms. The van der Waals surface area contributed by atoms with Crippen molar-refractivity contribution in [3.05, 3.63) is 30.3 Å². The molecule has 0 saturated carbocycles. The molecular weight excluding hydrogens is 168 g/mol. The Kier molecular flexibility index (Phi) is 3.31. The van der Waals surface area contributed by atoms with Crippen molar-refractivity contribution in [3.63, 3.8) is 0 Å². The molecule has 0 amide bonds. The topological polar surface area (TPSA) is 35.5 Å². The summed E-state index contributed by atoms with van der Waals surface area (Å²) in [6, 6.07) is 8.90. The number of hydrogen-bond donors (Lipinski definition) is 0. The molecule has 0 saturated heterocycles. The Bertz CT molecular complexity index is 267. The van der Waals surface area contributed by atoms with Crippen molar-refractivity contribution in [3.8, 4) is 5.75 Å². The number of para-hydroxylation sites is 1. The van der Waals surface area contributed by atoms with Crippen LogP contribution in [0.2, 0.25) is 0 Å². The number of carbonyl (C=O) groups excluding carboxylic acids is 1. The van der Waals surface area contributed by atoms with E-state index in [-0.39, 0.29) is 11.9 Å².